The van der Waals surface area contributed by atoms with E-state index in [0.717, 1.165) is 0 Å². The summed E-state index contributed by atoms with van der Waals surface area (Å²) in [5.74, 6) is -0.327. The Bertz CT molecular complexity index is 758. The van der Waals surface area contributed by atoms with E-state index in [-0.39, 0.29) is 18.0 Å². The monoisotopic (exact) mass is 318 g/mol. The Hall–Kier alpha value is -2.54. The van der Waals surface area contributed by atoms with Crippen LogP contribution < -0.4 is 10.9 Å². The highest BCUT2D eigenvalue weighted by atomic mass is 19.1. The number of aryl methyl sites for hydroxylation is 1. The van der Waals surface area contributed by atoms with Crippen LogP contribution in [0.25, 0.3) is 0 Å². The standard InChI is InChI=1S/C16H19FN4O2/c1-10-19-11(8-14(22)20-10)9-18-16(23)15(21(2)3)12-6-4-5-7-13(12)17/h4-8,15H,9H2,1-3H3,(H,18,23)(H,19,20,22). The van der Waals surface area contributed by atoms with Gasteiger partial charge in [0, 0.05) is 11.6 Å². The highest BCUT2D eigenvalue weighted by Gasteiger charge is 2.25. The molecule has 1 aromatic carbocycles. The number of amides is 1. The van der Waals surface area contributed by atoms with Gasteiger partial charge in [-0.3, -0.25) is 14.5 Å². The molecule has 0 spiro atoms. The zero-order chi connectivity index (χ0) is 17.0. The van der Waals surface area contributed by atoms with Crippen LogP contribution in [0.4, 0.5) is 4.39 Å². The summed E-state index contributed by atoms with van der Waals surface area (Å²) in [6.07, 6.45) is 0. The largest absolute Gasteiger partial charge is 0.349 e. The normalized spacial score (nSPS) is 12.2. The van der Waals surface area contributed by atoms with E-state index in [1.807, 2.05) is 0 Å². The van der Waals surface area contributed by atoms with Crippen LogP contribution in [0.15, 0.2) is 35.1 Å². The number of halogens is 1. The van der Waals surface area contributed by atoms with Gasteiger partial charge in [0.15, 0.2) is 0 Å². The summed E-state index contributed by atoms with van der Waals surface area (Å²) < 4.78 is 14.0. The molecule has 1 atom stereocenters. The summed E-state index contributed by atoms with van der Waals surface area (Å²) in [6.45, 7) is 1.76. The Balaban J connectivity index is 2.16. The Morgan fingerprint density at radius 1 is 1.39 bits per heavy atom. The fourth-order valence-corrected chi connectivity index (χ4v) is 2.36. The van der Waals surface area contributed by atoms with Gasteiger partial charge in [-0.1, -0.05) is 18.2 Å². The number of H-pyrrole nitrogens is 1. The van der Waals surface area contributed by atoms with Crippen molar-refractivity contribution in [2.24, 2.45) is 0 Å². The first-order chi connectivity index (χ1) is 10.9. The van der Waals surface area contributed by atoms with Gasteiger partial charge >= 0.3 is 0 Å². The summed E-state index contributed by atoms with van der Waals surface area (Å²) in [7, 11) is 3.40. The first-order valence-electron chi connectivity index (χ1n) is 7.14. The van der Waals surface area contributed by atoms with Crippen molar-refractivity contribution in [1.29, 1.82) is 0 Å². The summed E-state index contributed by atoms with van der Waals surface area (Å²) in [5.41, 5.74) is 0.468. The number of hydrogen-bond acceptors (Lipinski definition) is 4. The van der Waals surface area contributed by atoms with Crippen LogP contribution >= 0.6 is 0 Å². The highest BCUT2D eigenvalue weighted by Crippen LogP contribution is 2.21. The van der Waals surface area contributed by atoms with Gasteiger partial charge in [-0.05, 0) is 27.1 Å². The molecule has 0 bridgehead atoms. The van der Waals surface area contributed by atoms with Crippen molar-refractivity contribution in [2.75, 3.05) is 14.1 Å². The molecule has 0 aliphatic rings. The van der Waals surface area contributed by atoms with Gasteiger partial charge in [0.1, 0.15) is 17.7 Å². The molecule has 0 saturated heterocycles. The number of likely N-dealkylation sites (N-methyl/N-ethyl adjacent to an activating group) is 1. The van der Waals surface area contributed by atoms with Crippen LogP contribution in [0.5, 0.6) is 0 Å². The van der Waals surface area contributed by atoms with E-state index in [1.54, 1.807) is 44.1 Å². The van der Waals surface area contributed by atoms with E-state index in [1.165, 1.54) is 12.1 Å². The third-order valence-electron chi connectivity index (χ3n) is 3.32. The highest BCUT2D eigenvalue weighted by molar-refractivity contribution is 5.83. The second kappa shape index (κ2) is 7.15. The smallest absolute Gasteiger partial charge is 0.251 e. The average Bonchev–Trinajstić information content (AvgIpc) is 2.46. The third-order valence-corrected chi connectivity index (χ3v) is 3.32. The SMILES string of the molecule is Cc1nc(CNC(=O)C(c2ccccc2F)N(C)C)cc(=O)[nH]1. The van der Waals surface area contributed by atoms with E-state index in [0.29, 0.717) is 17.1 Å². The molecule has 0 fully saturated rings. The summed E-state index contributed by atoms with van der Waals surface area (Å²) in [5, 5.41) is 2.70. The first kappa shape index (κ1) is 16.8. The second-order valence-corrected chi connectivity index (χ2v) is 5.43. The van der Waals surface area contributed by atoms with E-state index in [9.17, 15) is 14.0 Å². The average molecular weight is 318 g/mol. The maximum absolute atomic E-state index is 14.0. The summed E-state index contributed by atoms with van der Waals surface area (Å²) in [4.78, 5) is 32.2. The maximum Gasteiger partial charge on any atom is 0.251 e. The number of hydrogen-bond donors (Lipinski definition) is 2. The molecule has 0 radical (unpaired) electrons. The van der Waals surface area contributed by atoms with Crippen molar-refractivity contribution in [1.82, 2.24) is 20.2 Å². The molecule has 23 heavy (non-hydrogen) atoms. The lowest BCUT2D eigenvalue weighted by atomic mass is 10.0. The number of aromatic nitrogens is 2. The zero-order valence-electron chi connectivity index (χ0n) is 13.3. The molecule has 1 amide bonds. The predicted molar refractivity (Wildman–Crippen MR) is 84.3 cm³/mol. The third kappa shape index (κ3) is 4.23. The number of aromatic amines is 1. The molecule has 0 aliphatic heterocycles. The number of carbonyl (C=O) groups is 1. The van der Waals surface area contributed by atoms with Crippen LogP contribution in [0.2, 0.25) is 0 Å². The quantitative estimate of drug-likeness (QED) is 0.866. The molecule has 2 aromatic rings. The van der Waals surface area contributed by atoms with Crippen LogP contribution in [0.3, 0.4) is 0 Å². The number of nitrogens with one attached hydrogen (secondary N) is 2. The van der Waals surface area contributed by atoms with Crippen molar-refractivity contribution >= 4 is 5.91 Å². The molecule has 1 aromatic heterocycles. The van der Waals surface area contributed by atoms with Gasteiger partial charge in [0.25, 0.3) is 5.56 Å². The van der Waals surface area contributed by atoms with Crippen molar-refractivity contribution < 1.29 is 9.18 Å². The van der Waals surface area contributed by atoms with Gasteiger partial charge in [-0.15, -0.1) is 0 Å². The summed E-state index contributed by atoms with van der Waals surface area (Å²) >= 11 is 0. The molecule has 0 aliphatic carbocycles. The first-order valence-corrected chi connectivity index (χ1v) is 7.14. The molecule has 0 saturated carbocycles. The molecule has 1 unspecified atom stereocenters. The fourth-order valence-electron chi connectivity index (χ4n) is 2.36. The minimum absolute atomic E-state index is 0.0996. The van der Waals surface area contributed by atoms with E-state index < -0.39 is 11.9 Å². The van der Waals surface area contributed by atoms with Gasteiger partial charge in [0.2, 0.25) is 5.91 Å². The Kier molecular flexibility index (Phi) is 5.23. The van der Waals surface area contributed by atoms with Crippen LogP contribution in [0, 0.1) is 12.7 Å². The van der Waals surface area contributed by atoms with Crippen molar-refractivity contribution in [3.63, 3.8) is 0 Å². The minimum Gasteiger partial charge on any atom is -0.349 e. The molecule has 2 rings (SSSR count). The molecular formula is C16H19FN4O2. The van der Waals surface area contributed by atoms with Gasteiger partial charge in [0.05, 0.1) is 12.2 Å². The van der Waals surface area contributed by atoms with Crippen LogP contribution in [-0.2, 0) is 11.3 Å². The molecular weight excluding hydrogens is 299 g/mol. The topological polar surface area (TPSA) is 78.1 Å². The summed E-state index contributed by atoms with van der Waals surface area (Å²) in [6, 6.07) is 6.71. The van der Waals surface area contributed by atoms with Gasteiger partial charge in [-0.2, -0.15) is 0 Å². The van der Waals surface area contributed by atoms with Gasteiger partial charge in [-0.25, -0.2) is 9.37 Å². The second-order valence-electron chi connectivity index (χ2n) is 5.43. The van der Waals surface area contributed by atoms with Crippen LogP contribution in [-0.4, -0.2) is 34.9 Å². The number of nitrogens with zero attached hydrogens (tertiary/aromatic N) is 2. The van der Waals surface area contributed by atoms with E-state index in [4.69, 9.17) is 0 Å². The molecule has 6 nitrogen and oxygen atoms in total. The van der Waals surface area contributed by atoms with Crippen molar-refractivity contribution in [3.05, 3.63) is 63.6 Å². The lowest BCUT2D eigenvalue weighted by molar-refractivity contribution is -0.126. The zero-order valence-corrected chi connectivity index (χ0v) is 13.3. The fraction of sp³-hybridized carbons (Fsp3) is 0.312. The number of rotatable bonds is 5. The molecule has 1 heterocycles. The Morgan fingerprint density at radius 2 is 2.09 bits per heavy atom. The minimum atomic E-state index is -0.765. The molecule has 7 heteroatoms. The molecule has 122 valence electrons. The predicted octanol–water partition coefficient (Wildman–Crippen LogP) is 1.14. The number of carbonyl (C=O) groups excluding carboxylic acids is 1. The van der Waals surface area contributed by atoms with E-state index >= 15 is 0 Å². The number of benzene rings is 1. The molecule has 2 N–H and O–H groups in total. The van der Waals surface area contributed by atoms with Crippen molar-refractivity contribution in [3.8, 4) is 0 Å². The lowest BCUT2D eigenvalue weighted by Crippen LogP contribution is -2.37. The Labute approximate surface area is 133 Å². The van der Waals surface area contributed by atoms with Crippen LogP contribution in [0.1, 0.15) is 23.1 Å². The lowest BCUT2D eigenvalue weighted by Gasteiger charge is -2.24. The van der Waals surface area contributed by atoms with Gasteiger partial charge < -0.3 is 10.3 Å². The van der Waals surface area contributed by atoms with Crippen molar-refractivity contribution in [2.45, 2.75) is 19.5 Å². The maximum atomic E-state index is 14.0. The van der Waals surface area contributed by atoms with E-state index in [2.05, 4.69) is 15.3 Å². The Morgan fingerprint density at radius 3 is 2.70 bits per heavy atom.